The van der Waals surface area contributed by atoms with Crippen LogP contribution in [-0.4, -0.2) is 30.7 Å². The van der Waals surface area contributed by atoms with E-state index in [0.29, 0.717) is 18.5 Å². The summed E-state index contributed by atoms with van der Waals surface area (Å²) in [5.41, 5.74) is 0.224. The second-order valence-corrected chi connectivity index (χ2v) is 6.31. The first-order valence-corrected chi connectivity index (χ1v) is 6.66. The monoisotopic (exact) mass is 241 g/mol. The SMILES string of the molecule is CS(=O)(=O)C1(c2cccc(C(=O)O)n2)CC1. The Morgan fingerprint density at radius 1 is 1.44 bits per heavy atom. The third-order valence-electron chi connectivity index (χ3n) is 2.85. The topological polar surface area (TPSA) is 84.3 Å². The molecule has 0 atom stereocenters. The van der Waals surface area contributed by atoms with Crippen LogP contribution in [0.15, 0.2) is 18.2 Å². The maximum absolute atomic E-state index is 11.6. The summed E-state index contributed by atoms with van der Waals surface area (Å²) in [5, 5.41) is 8.79. The van der Waals surface area contributed by atoms with Crippen molar-refractivity contribution in [1.82, 2.24) is 4.98 Å². The number of hydrogen-bond donors (Lipinski definition) is 1. The first-order valence-electron chi connectivity index (χ1n) is 4.77. The lowest BCUT2D eigenvalue weighted by Gasteiger charge is -2.12. The Bertz CT molecular complexity index is 546. The third-order valence-corrected chi connectivity index (χ3v) is 4.89. The van der Waals surface area contributed by atoms with Gasteiger partial charge in [-0.05, 0) is 25.0 Å². The van der Waals surface area contributed by atoms with E-state index in [1.165, 1.54) is 12.1 Å². The van der Waals surface area contributed by atoms with Crippen molar-refractivity contribution in [3.05, 3.63) is 29.6 Å². The van der Waals surface area contributed by atoms with Gasteiger partial charge in [0, 0.05) is 6.26 Å². The fraction of sp³-hybridized carbons (Fsp3) is 0.400. The molecule has 16 heavy (non-hydrogen) atoms. The molecule has 1 aliphatic carbocycles. The molecule has 0 saturated heterocycles. The molecule has 1 heterocycles. The van der Waals surface area contributed by atoms with Crippen LogP contribution >= 0.6 is 0 Å². The van der Waals surface area contributed by atoms with Crippen LogP contribution in [0.25, 0.3) is 0 Å². The van der Waals surface area contributed by atoms with Gasteiger partial charge in [-0.3, -0.25) is 0 Å². The third kappa shape index (κ3) is 1.59. The van der Waals surface area contributed by atoms with E-state index in [4.69, 9.17) is 5.11 Å². The average molecular weight is 241 g/mol. The molecule has 0 aliphatic heterocycles. The van der Waals surface area contributed by atoms with Crippen molar-refractivity contribution in [2.45, 2.75) is 17.6 Å². The molecule has 5 nitrogen and oxygen atoms in total. The highest BCUT2D eigenvalue weighted by atomic mass is 32.2. The van der Waals surface area contributed by atoms with Crippen LogP contribution in [0.4, 0.5) is 0 Å². The van der Waals surface area contributed by atoms with Crippen LogP contribution < -0.4 is 0 Å². The molecule has 1 fully saturated rings. The number of hydrogen-bond acceptors (Lipinski definition) is 4. The normalized spacial score (nSPS) is 18.1. The molecule has 1 aromatic heterocycles. The molecule has 1 N–H and O–H groups in total. The fourth-order valence-electron chi connectivity index (χ4n) is 1.74. The molecule has 0 bridgehead atoms. The van der Waals surface area contributed by atoms with Gasteiger partial charge in [-0.1, -0.05) is 6.07 Å². The maximum Gasteiger partial charge on any atom is 0.354 e. The first kappa shape index (κ1) is 11.1. The molecule has 1 aliphatic rings. The largest absolute Gasteiger partial charge is 0.477 e. The minimum absolute atomic E-state index is 0.118. The number of aromatic carboxylic acids is 1. The van der Waals surface area contributed by atoms with Crippen molar-refractivity contribution in [2.24, 2.45) is 0 Å². The van der Waals surface area contributed by atoms with Gasteiger partial charge >= 0.3 is 5.97 Å². The first-order chi connectivity index (χ1) is 7.37. The van der Waals surface area contributed by atoms with Gasteiger partial charge in [-0.25, -0.2) is 18.2 Å². The van der Waals surface area contributed by atoms with Crippen molar-refractivity contribution in [3.63, 3.8) is 0 Å². The molecule has 0 aromatic carbocycles. The quantitative estimate of drug-likeness (QED) is 0.846. The number of carboxylic acid groups (broad SMARTS) is 1. The minimum Gasteiger partial charge on any atom is -0.477 e. The number of pyridine rings is 1. The average Bonchev–Trinajstić information content (AvgIpc) is 2.97. The molecule has 0 spiro atoms. The molecule has 1 aromatic rings. The van der Waals surface area contributed by atoms with Gasteiger partial charge in [0.05, 0.1) is 5.69 Å². The van der Waals surface area contributed by atoms with E-state index in [1.807, 2.05) is 0 Å². The Hall–Kier alpha value is -1.43. The molecule has 2 rings (SSSR count). The summed E-state index contributed by atoms with van der Waals surface area (Å²) in [7, 11) is -3.24. The van der Waals surface area contributed by atoms with Crippen LogP contribution in [0.2, 0.25) is 0 Å². The molecule has 6 heteroatoms. The minimum atomic E-state index is -3.24. The summed E-state index contributed by atoms with van der Waals surface area (Å²) in [5.74, 6) is -1.15. The van der Waals surface area contributed by atoms with Crippen molar-refractivity contribution in [1.29, 1.82) is 0 Å². The summed E-state index contributed by atoms with van der Waals surface area (Å²) in [6.07, 6.45) is 2.19. The van der Waals surface area contributed by atoms with Crippen LogP contribution in [-0.2, 0) is 14.6 Å². The highest BCUT2D eigenvalue weighted by Gasteiger charge is 2.54. The van der Waals surface area contributed by atoms with Crippen LogP contribution in [0.5, 0.6) is 0 Å². The van der Waals surface area contributed by atoms with E-state index < -0.39 is 20.6 Å². The highest BCUT2D eigenvalue weighted by Crippen LogP contribution is 2.51. The molecular weight excluding hydrogens is 230 g/mol. The molecule has 0 unspecified atom stereocenters. The van der Waals surface area contributed by atoms with Gasteiger partial charge in [0.1, 0.15) is 10.4 Å². The Labute approximate surface area is 93.1 Å². The van der Waals surface area contributed by atoms with E-state index >= 15 is 0 Å². The summed E-state index contributed by atoms with van der Waals surface area (Å²) < 4.78 is 22.3. The maximum atomic E-state index is 11.6. The smallest absolute Gasteiger partial charge is 0.354 e. The zero-order chi connectivity index (χ0) is 12.0. The number of rotatable bonds is 3. The predicted molar refractivity (Wildman–Crippen MR) is 57.0 cm³/mol. The molecule has 0 amide bonds. The van der Waals surface area contributed by atoms with Crippen molar-refractivity contribution >= 4 is 15.8 Å². The number of sulfone groups is 1. The van der Waals surface area contributed by atoms with Crippen molar-refractivity contribution in [3.8, 4) is 0 Å². The van der Waals surface area contributed by atoms with Gasteiger partial charge in [0.25, 0.3) is 0 Å². The number of nitrogens with zero attached hydrogens (tertiary/aromatic N) is 1. The van der Waals surface area contributed by atoms with Gasteiger partial charge in [-0.15, -0.1) is 0 Å². The van der Waals surface area contributed by atoms with E-state index in [1.54, 1.807) is 6.07 Å². The fourth-order valence-corrected chi connectivity index (χ4v) is 3.08. The molecule has 86 valence electrons. The van der Waals surface area contributed by atoms with Gasteiger partial charge in [0.2, 0.25) is 0 Å². The standard InChI is InChI=1S/C10H11NO4S/c1-16(14,15)10(5-6-10)8-4-2-3-7(11-8)9(12)13/h2-4H,5-6H2,1H3,(H,12,13). The summed E-state index contributed by atoms with van der Waals surface area (Å²) >= 11 is 0. The molecular formula is C10H11NO4S. The lowest BCUT2D eigenvalue weighted by Crippen LogP contribution is -2.21. The van der Waals surface area contributed by atoms with Gasteiger partial charge < -0.3 is 5.11 Å². The van der Waals surface area contributed by atoms with Crippen LogP contribution in [0.3, 0.4) is 0 Å². The van der Waals surface area contributed by atoms with E-state index in [9.17, 15) is 13.2 Å². The molecule has 1 saturated carbocycles. The van der Waals surface area contributed by atoms with E-state index in [0.717, 1.165) is 6.26 Å². The Kier molecular flexibility index (Phi) is 2.27. The summed E-state index contributed by atoms with van der Waals surface area (Å²) in [6.45, 7) is 0. The van der Waals surface area contributed by atoms with Crippen molar-refractivity contribution < 1.29 is 18.3 Å². The van der Waals surface area contributed by atoms with E-state index in [-0.39, 0.29) is 5.69 Å². The number of carbonyl (C=O) groups is 1. The Balaban J connectivity index is 2.50. The second kappa shape index (κ2) is 3.28. The van der Waals surface area contributed by atoms with Gasteiger partial charge in [0.15, 0.2) is 9.84 Å². The zero-order valence-corrected chi connectivity index (χ0v) is 9.49. The second-order valence-electron chi connectivity index (χ2n) is 3.98. The Morgan fingerprint density at radius 3 is 2.50 bits per heavy atom. The van der Waals surface area contributed by atoms with Crippen LogP contribution in [0, 0.1) is 0 Å². The Morgan fingerprint density at radius 2 is 2.06 bits per heavy atom. The lowest BCUT2D eigenvalue weighted by atomic mass is 10.2. The highest BCUT2D eigenvalue weighted by molar-refractivity contribution is 7.91. The molecule has 0 radical (unpaired) electrons. The van der Waals surface area contributed by atoms with Crippen molar-refractivity contribution in [2.75, 3.05) is 6.26 Å². The predicted octanol–water partition coefficient (Wildman–Crippen LogP) is 0.814. The number of carboxylic acids is 1. The van der Waals surface area contributed by atoms with E-state index in [2.05, 4.69) is 4.98 Å². The number of aromatic nitrogens is 1. The summed E-state index contributed by atoms with van der Waals surface area (Å²) in [6, 6.07) is 4.45. The lowest BCUT2D eigenvalue weighted by molar-refractivity contribution is 0.0690. The van der Waals surface area contributed by atoms with Gasteiger partial charge in [-0.2, -0.15) is 0 Å². The van der Waals surface area contributed by atoms with Crippen LogP contribution in [0.1, 0.15) is 29.0 Å². The zero-order valence-electron chi connectivity index (χ0n) is 8.67. The summed E-state index contributed by atoms with van der Waals surface area (Å²) in [4.78, 5) is 14.6.